The number of fused-ring (bicyclic) bond motifs is 3. The fraction of sp³-hybridized carbons (Fsp3) is 0.357. The summed E-state index contributed by atoms with van der Waals surface area (Å²) in [6.45, 7) is 2.01. The van der Waals surface area contributed by atoms with Crippen molar-refractivity contribution in [2.45, 2.75) is 37.8 Å². The van der Waals surface area contributed by atoms with E-state index in [0.717, 1.165) is 12.0 Å². The molecule has 0 spiro atoms. The van der Waals surface area contributed by atoms with E-state index in [1.54, 1.807) is 26.4 Å². The lowest BCUT2D eigenvalue weighted by Gasteiger charge is -2.50. The van der Waals surface area contributed by atoms with E-state index in [1.807, 2.05) is 19.1 Å². The molecule has 3 aliphatic rings. The zero-order valence-electron chi connectivity index (χ0n) is 21.2. The summed E-state index contributed by atoms with van der Waals surface area (Å²) >= 11 is 0. The van der Waals surface area contributed by atoms with Crippen molar-refractivity contribution >= 4 is 17.5 Å². The van der Waals surface area contributed by atoms with E-state index in [2.05, 4.69) is 4.98 Å². The molecule has 1 amide bonds. The Bertz CT molecular complexity index is 1470. The Balaban J connectivity index is 1.72. The maximum Gasteiger partial charge on any atom is 0.255 e. The van der Waals surface area contributed by atoms with Crippen molar-refractivity contribution in [3.05, 3.63) is 69.8 Å². The molecule has 3 aliphatic carbocycles. The third-order valence-electron chi connectivity index (χ3n) is 8.11. The molecule has 198 valence electrons. The van der Waals surface area contributed by atoms with Gasteiger partial charge in [0.25, 0.3) is 5.91 Å². The summed E-state index contributed by atoms with van der Waals surface area (Å²) in [5.41, 5.74) is 4.52. The number of primary amides is 1. The summed E-state index contributed by atoms with van der Waals surface area (Å²) in [6.07, 6.45) is 2.69. The number of carbonyl (C=O) groups excluding carboxylic acids is 3. The number of aromatic hydroxyl groups is 1. The highest BCUT2D eigenvalue weighted by atomic mass is 16.3. The molecule has 0 aliphatic heterocycles. The number of carbonyl (C=O) groups is 3. The first-order chi connectivity index (χ1) is 17.9. The molecule has 0 bridgehead atoms. The fourth-order valence-electron chi connectivity index (χ4n) is 6.33. The molecule has 0 saturated carbocycles. The lowest BCUT2D eigenvalue weighted by molar-refractivity contribution is -0.148. The zero-order valence-corrected chi connectivity index (χ0v) is 21.2. The van der Waals surface area contributed by atoms with Crippen molar-refractivity contribution in [3.8, 4) is 17.0 Å². The highest BCUT2D eigenvalue weighted by molar-refractivity contribution is 6.24. The Kier molecular flexibility index (Phi) is 5.92. The van der Waals surface area contributed by atoms with Gasteiger partial charge in [0.1, 0.15) is 22.8 Å². The maximum atomic E-state index is 13.8. The van der Waals surface area contributed by atoms with Crippen molar-refractivity contribution in [1.82, 2.24) is 9.88 Å². The Morgan fingerprint density at radius 2 is 1.89 bits per heavy atom. The minimum Gasteiger partial charge on any atom is -0.510 e. The van der Waals surface area contributed by atoms with Gasteiger partial charge in [-0.05, 0) is 74.7 Å². The van der Waals surface area contributed by atoms with Gasteiger partial charge in [-0.3, -0.25) is 24.3 Å². The highest BCUT2D eigenvalue weighted by Gasteiger charge is 2.63. The first kappa shape index (κ1) is 25.6. The molecule has 0 saturated heterocycles. The molecule has 0 fully saturated rings. The fourth-order valence-corrected chi connectivity index (χ4v) is 6.33. The number of allylic oxidation sites excluding steroid dienone is 1. The van der Waals surface area contributed by atoms with Gasteiger partial charge < -0.3 is 26.2 Å². The number of benzene rings is 1. The standard InChI is InChI=1S/C28H29N3O7/c1-4-12-7-8-30-17(9-12)14-5-6-18(32)20-15(14)10-13-11-16-22(31(2)3)24(34)21(27(29)37)26(36)28(16,38)25(35)19(13)23(20)33/h5-9,13,16,22,32,34-35,38H,4,10-11H2,1-3H3,(H2,29,37)/t13-,16-,22+,28-/m0/s1. The Labute approximate surface area is 218 Å². The number of aliphatic hydroxyl groups is 3. The predicted octanol–water partition coefficient (Wildman–Crippen LogP) is 1.75. The van der Waals surface area contributed by atoms with Gasteiger partial charge in [-0.15, -0.1) is 0 Å². The molecule has 0 radical (unpaired) electrons. The molecule has 38 heavy (non-hydrogen) atoms. The van der Waals surface area contributed by atoms with Gasteiger partial charge in [-0.1, -0.05) is 6.92 Å². The third-order valence-corrected chi connectivity index (χ3v) is 8.11. The molecule has 2 aromatic rings. The normalized spacial score (nSPS) is 26.8. The Morgan fingerprint density at radius 3 is 2.53 bits per heavy atom. The van der Waals surface area contributed by atoms with E-state index in [4.69, 9.17) is 5.73 Å². The van der Waals surface area contributed by atoms with Crippen LogP contribution in [0.25, 0.3) is 11.3 Å². The van der Waals surface area contributed by atoms with E-state index in [0.29, 0.717) is 16.8 Å². The van der Waals surface area contributed by atoms with Gasteiger partial charge in [0.2, 0.25) is 5.78 Å². The van der Waals surface area contributed by atoms with Gasteiger partial charge in [-0.25, -0.2) is 0 Å². The minimum atomic E-state index is -2.66. The number of nitrogens with two attached hydrogens (primary N) is 1. The SMILES string of the molecule is CCc1ccnc(-c2ccc(O)c3c2C[C@H]2C[C@H]4[C@@H](N(C)C)C(O)=C(C(N)=O)C(=O)[C@@]4(O)C(O)=C2C3=O)c1. The average Bonchev–Trinajstić information content (AvgIpc) is 2.86. The van der Waals surface area contributed by atoms with E-state index in [9.17, 15) is 34.8 Å². The van der Waals surface area contributed by atoms with Crippen LogP contribution >= 0.6 is 0 Å². The number of amides is 1. The zero-order chi connectivity index (χ0) is 27.7. The molecule has 10 heteroatoms. The number of hydrogen-bond donors (Lipinski definition) is 5. The van der Waals surface area contributed by atoms with Crippen LogP contribution < -0.4 is 5.73 Å². The van der Waals surface area contributed by atoms with E-state index < -0.39 is 58.0 Å². The number of rotatable bonds is 4. The second kappa shape index (κ2) is 8.78. The summed E-state index contributed by atoms with van der Waals surface area (Å²) in [7, 11) is 3.19. The van der Waals surface area contributed by atoms with Crippen LogP contribution in [0.1, 0.15) is 34.8 Å². The number of nitrogens with zero attached hydrogens (tertiary/aromatic N) is 2. The minimum absolute atomic E-state index is 0.0310. The summed E-state index contributed by atoms with van der Waals surface area (Å²) in [5.74, 6) is -6.73. The second-order valence-electron chi connectivity index (χ2n) is 10.4. The predicted molar refractivity (Wildman–Crippen MR) is 136 cm³/mol. The van der Waals surface area contributed by atoms with Gasteiger partial charge in [0.05, 0.1) is 17.3 Å². The van der Waals surface area contributed by atoms with Gasteiger partial charge in [0, 0.05) is 23.3 Å². The first-order valence-corrected chi connectivity index (χ1v) is 12.4. The number of aromatic nitrogens is 1. The molecule has 5 rings (SSSR count). The molecule has 10 nitrogen and oxygen atoms in total. The van der Waals surface area contributed by atoms with Crippen molar-refractivity contribution in [2.24, 2.45) is 17.6 Å². The number of hydrogen-bond acceptors (Lipinski definition) is 9. The largest absolute Gasteiger partial charge is 0.510 e. The van der Waals surface area contributed by atoms with Gasteiger partial charge in [0.15, 0.2) is 11.4 Å². The van der Waals surface area contributed by atoms with Gasteiger partial charge >= 0.3 is 0 Å². The van der Waals surface area contributed by atoms with Crippen LogP contribution in [-0.4, -0.2) is 73.5 Å². The van der Waals surface area contributed by atoms with E-state index >= 15 is 0 Å². The molecule has 1 heterocycles. The number of pyridine rings is 1. The number of phenolic OH excluding ortho intramolecular Hbond substituents is 1. The van der Waals surface area contributed by atoms with Crippen molar-refractivity contribution in [1.29, 1.82) is 0 Å². The maximum absolute atomic E-state index is 13.8. The van der Waals surface area contributed by atoms with Crippen LogP contribution in [0.15, 0.2) is 53.1 Å². The van der Waals surface area contributed by atoms with Crippen LogP contribution in [0.3, 0.4) is 0 Å². The number of aryl methyl sites for hydroxylation is 1. The number of aliphatic hydroxyl groups excluding tert-OH is 2. The molecular weight excluding hydrogens is 490 g/mol. The molecule has 6 N–H and O–H groups in total. The monoisotopic (exact) mass is 519 g/mol. The smallest absolute Gasteiger partial charge is 0.255 e. The van der Waals surface area contributed by atoms with Crippen LogP contribution in [0, 0.1) is 11.8 Å². The quantitative estimate of drug-likeness (QED) is 0.377. The van der Waals surface area contributed by atoms with Crippen molar-refractivity contribution < 1.29 is 34.8 Å². The highest BCUT2D eigenvalue weighted by Crippen LogP contribution is 2.53. The third kappa shape index (κ3) is 3.40. The Hall–Kier alpha value is -4.02. The lowest BCUT2D eigenvalue weighted by atomic mass is 9.58. The molecule has 1 aromatic carbocycles. The number of ketones is 2. The van der Waals surface area contributed by atoms with Crippen molar-refractivity contribution in [2.75, 3.05) is 14.1 Å². The summed E-state index contributed by atoms with van der Waals surface area (Å²) in [5, 5.41) is 44.6. The summed E-state index contributed by atoms with van der Waals surface area (Å²) < 4.78 is 0. The molecule has 1 aromatic heterocycles. The second-order valence-corrected chi connectivity index (χ2v) is 10.4. The van der Waals surface area contributed by atoms with Crippen LogP contribution in [-0.2, 0) is 22.4 Å². The topological polar surface area (TPSA) is 174 Å². The lowest BCUT2D eigenvalue weighted by Crippen LogP contribution is -2.63. The summed E-state index contributed by atoms with van der Waals surface area (Å²) in [4.78, 5) is 45.3. The number of likely N-dealkylation sites (N-methyl/N-ethyl adjacent to an activating group) is 1. The van der Waals surface area contributed by atoms with Crippen molar-refractivity contribution in [3.63, 3.8) is 0 Å². The van der Waals surface area contributed by atoms with Crippen LogP contribution in [0.4, 0.5) is 0 Å². The Morgan fingerprint density at radius 1 is 1.18 bits per heavy atom. The number of Topliss-reactive ketones (excluding diaryl/α,β-unsaturated/α-hetero) is 2. The first-order valence-electron chi connectivity index (χ1n) is 12.4. The van der Waals surface area contributed by atoms with E-state index in [1.165, 1.54) is 11.0 Å². The molecule has 4 atom stereocenters. The van der Waals surface area contributed by atoms with E-state index in [-0.39, 0.29) is 29.7 Å². The van der Waals surface area contributed by atoms with Crippen LogP contribution in [0.2, 0.25) is 0 Å². The van der Waals surface area contributed by atoms with Gasteiger partial charge in [-0.2, -0.15) is 0 Å². The van der Waals surface area contributed by atoms with Crippen LogP contribution in [0.5, 0.6) is 5.75 Å². The number of phenols is 1. The summed E-state index contributed by atoms with van der Waals surface area (Å²) in [6, 6.07) is 5.84. The molecular formula is C28H29N3O7. The average molecular weight is 520 g/mol. The molecule has 0 unspecified atom stereocenters.